The van der Waals surface area contributed by atoms with Crippen LogP contribution in [0, 0.1) is 10.1 Å². The third-order valence-electron chi connectivity index (χ3n) is 3.43. The molecule has 1 N–H and O–H groups in total. The van der Waals surface area contributed by atoms with E-state index in [9.17, 15) is 10.1 Å². The zero-order valence-electron chi connectivity index (χ0n) is 10.5. The minimum Gasteiger partial charge on any atom is -0.396 e. The van der Waals surface area contributed by atoms with Crippen molar-refractivity contribution in [1.82, 2.24) is 4.98 Å². The molecule has 0 aromatic carbocycles. The molecular formula is C12H16BrN3O3. The van der Waals surface area contributed by atoms with E-state index in [0.717, 1.165) is 25.8 Å². The fraction of sp³-hybridized carbons (Fsp3) is 0.583. The molecule has 0 radical (unpaired) electrons. The number of nitro groups is 1. The topological polar surface area (TPSA) is 79.5 Å². The largest absolute Gasteiger partial charge is 0.396 e. The summed E-state index contributed by atoms with van der Waals surface area (Å²) in [5.74, 6) is 0. The van der Waals surface area contributed by atoms with E-state index in [1.54, 1.807) is 6.20 Å². The van der Waals surface area contributed by atoms with Gasteiger partial charge in [0.1, 0.15) is 11.9 Å². The molecule has 1 aromatic rings. The highest BCUT2D eigenvalue weighted by atomic mass is 79.9. The van der Waals surface area contributed by atoms with E-state index in [1.165, 1.54) is 6.20 Å². The molecule has 1 aromatic heterocycles. The monoisotopic (exact) mass is 329 g/mol. The maximum Gasteiger partial charge on any atom is 0.311 e. The molecule has 7 heteroatoms. The standard InChI is InChI=1S/C12H16BrN3O3/c13-10-7-14-8-11(16(18)19)12(10)15-5-2-1-3-9(15)4-6-17/h7-9,17H,1-6H2. The van der Waals surface area contributed by atoms with Crippen LogP contribution in [-0.2, 0) is 0 Å². The predicted molar refractivity (Wildman–Crippen MR) is 75.3 cm³/mol. The Kier molecular flexibility index (Phi) is 4.71. The highest BCUT2D eigenvalue weighted by Gasteiger charge is 2.29. The van der Waals surface area contributed by atoms with Gasteiger partial charge in [-0.05, 0) is 41.6 Å². The number of anilines is 1. The van der Waals surface area contributed by atoms with Gasteiger partial charge in [-0.3, -0.25) is 15.1 Å². The highest BCUT2D eigenvalue weighted by molar-refractivity contribution is 9.10. The lowest BCUT2D eigenvalue weighted by molar-refractivity contribution is -0.384. The number of rotatable bonds is 4. The summed E-state index contributed by atoms with van der Waals surface area (Å²) in [6.45, 7) is 0.867. The van der Waals surface area contributed by atoms with Crippen molar-refractivity contribution in [2.75, 3.05) is 18.1 Å². The number of aromatic nitrogens is 1. The van der Waals surface area contributed by atoms with Crippen molar-refractivity contribution in [3.05, 3.63) is 27.0 Å². The van der Waals surface area contributed by atoms with Crippen molar-refractivity contribution >= 4 is 27.3 Å². The molecule has 0 aliphatic carbocycles. The first kappa shape index (κ1) is 14.2. The number of aliphatic hydroxyl groups is 1. The minimum atomic E-state index is -0.405. The second-order valence-electron chi connectivity index (χ2n) is 4.60. The second-order valence-corrected chi connectivity index (χ2v) is 5.46. The summed E-state index contributed by atoms with van der Waals surface area (Å²) < 4.78 is 0.631. The van der Waals surface area contributed by atoms with Crippen LogP contribution in [0.3, 0.4) is 0 Å². The molecule has 104 valence electrons. The molecule has 19 heavy (non-hydrogen) atoms. The Morgan fingerprint density at radius 2 is 2.32 bits per heavy atom. The van der Waals surface area contributed by atoms with Gasteiger partial charge < -0.3 is 10.0 Å². The first-order valence-corrected chi connectivity index (χ1v) is 7.10. The Bertz CT molecular complexity index is 468. The smallest absolute Gasteiger partial charge is 0.311 e. The summed E-state index contributed by atoms with van der Waals surface area (Å²) >= 11 is 3.36. The highest BCUT2D eigenvalue weighted by Crippen LogP contribution is 2.38. The lowest BCUT2D eigenvalue weighted by Gasteiger charge is -2.37. The van der Waals surface area contributed by atoms with Crippen molar-refractivity contribution < 1.29 is 10.0 Å². The molecule has 1 aliphatic heterocycles. The summed E-state index contributed by atoms with van der Waals surface area (Å²) in [6.07, 6.45) is 6.54. The molecule has 1 atom stereocenters. The number of hydrogen-bond acceptors (Lipinski definition) is 5. The zero-order chi connectivity index (χ0) is 13.8. The van der Waals surface area contributed by atoms with Crippen LogP contribution < -0.4 is 4.90 Å². The molecule has 0 spiro atoms. The molecular weight excluding hydrogens is 314 g/mol. The van der Waals surface area contributed by atoms with E-state index in [2.05, 4.69) is 20.9 Å². The van der Waals surface area contributed by atoms with Crippen molar-refractivity contribution in [1.29, 1.82) is 0 Å². The van der Waals surface area contributed by atoms with Gasteiger partial charge in [0.25, 0.3) is 0 Å². The molecule has 1 aliphatic rings. The fourth-order valence-corrected chi connectivity index (χ4v) is 3.13. The average Bonchev–Trinajstić information content (AvgIpc) is 2.40. The molecule has 0 amide bonds. The van der Waals surface area contributed by atoms with Gasteiger partial charge in [-0.25, -0.2) is 0 Å². The van der Waals surface area contributed by atoms with E-state index < -0.39 is 4.92 Å². The average molecular weight is 330 g/mol. The summed E-state index contributed by atoms with van der Waals surface area (Å²) in [5.41, 5.74) is 0.595. The van der Waals surface area contributed by atoms with E-state index in [0.29, 0.717) is 16.6 Å². The van der Waals surface area contributed by atoms with Crippen LogP contribution >= 0.6 is 15.9 Å². The van der Waals surface area contributed by atoms with Crippen LogP contribution in [0.4, 0.5) is 11.4 Å². The van der Waals surface area contributed by atoms with E-state index in [4.69, 9.17) is 5.11 Å². The summed E-state index contributed by atoms with van der Waals surface area (Å²) in [6, 6.07) is 0.149. The molecule has 2 rings (SSSR count). The lowest BCUT2D eigenvalue weighted by atomic mass is 9.98. The van der Waals surface area contributed by atoms with E-state index in [-0.39, 0.29) is 18.3 Å². The van der Waals surface area contributed by atoms with E-state index >= 15 is 0 Å². The van der Waals surface area contributed by atoms with Crippen LogP contribution in [0.25, 0.3) is 0 Å². The van der Waals surface area contributed by atoms with Crippen molar-refractivity contribution in [3.8, 4) is 0 Å². The predicted octanol–water partition coefficient (Wildman–Crippen LogP) is 2.49. The van der Waals surface area contributed by atoms with Crippen molar-refractivity contribution in [2.45, 2.75) is 31.7 Å². The molecule has 2 heterocycles. The van der Waals surface area contributed by atoms with Gasteiger partial charge in [0.2, 0.25) is 0 Å². The maximum atomic E-state index is 11.1. The molecule has 0 bridgehead atoms. The van der Waals surface area contributed by atoms with Gasteiger partial charge in [0.05, 0.1) is 9.40 Å². The molecule has 1 saturated heterocycles. The Morgan fingerprint density at radius 3 is 3.00 bits per heavy atom. The first-order valence-electron chi connectivity index (χ1n) is 6.30. The number of hydrogen-bond donors (Lipinski definition) is 1. The van der Waals surface area contributed by atoms with Gasteiger partial charge in [0, 0.05) is 25.4 Å². The fourth-order valence-electron chi connectivity index (χ4n) is 2.58. The number of pyridine rings is 1. The Hall–Kier alpha value is -1.21. The Morgan fingerprint density at radius 1 is 1.53 bits per heavy atom. The Balaban J connectivity index is 2.40. The lowest BCUT2D eigenvalue weighted by Crippen LogP contribution is -2.40. The Labute approximate surface area is 119 Å². The van der Waals surface area contributed by atoms with Crippen LogP contribution in [0.1, 0.15) is 25.7 Å². The molecule has 1 fully saturated rings. The van der Waals surface area contributed by atoms with Crippen molar-refractivity contribution in [3.63, 3.8) is 0 Å². The summed E-state index contributed by atoms with van der Waals surface area (Å²) in [5, 5.41) is 20.3. The quantitative estimate of drug-likeness (QED) is 0.678. The van der Waals surface area contributed by atoms with Gasteiger partial charge in [-0.15, -0.1) is 0 Å². The molecule has 6 nitrogen and oxygen atoms in total. The van der Waals surface area contributed by atoms with Gasteiger partial charge >= 0.3 is 5.69 Å². The number of aliphatic hydroxyl groups excluding tert-OH is 1. The van der Waals surface area contributed by atoms with E-state index in [1.807, 2.05) is 4.90 Å². The first-order chi connectivity index (χ1) is 9.15. The summed E-state index contributed by atoms with van der Waals surface area (Å²) in [7, 11) is 0. The summed E-state index contributed by atoms with van der Waals surface area (Å²) in [4.78, 5) is 16.6. The number of nitrogens with zero attached hydrogens (tertiary/aromatic N) is 3. The number of piperidine rings is 1. The van der Waals surface area contributed by atoms with Crippen molar-refractivity contribution in [2.24, 2.45) is 0 Å². The van der Waals surface area contributed by atoms with Crippen LogP contribution in [0.15, 0.2) is 16.9 Å². The maximum absolute atomic E-state index is 11.1. The van der Waals surface area contributed by atoms with Crippen LogP contribution in [0.5, 0.6) is 0 Å². The van der Waals surface area contributed by atoms with Crippen LogP contribution in [-0.4, -0.2) is 34.2 Å². The third kappa shape index (κ3) is 3.03. The van der Waals surface area contributed by atoms with Crippen LogP contribution in [0.2, 0.25) is 0 Å². The van der Waals surface area contributed by atoms with Gasteiger partial charge in [-0.1, -0.05) is 0 Å². The number of halogens is 1. The minimum absolute atomic E-state index is 0.0132. The van der Waals surface area contributed by atoms with Gasteiger partial charge in [0.15, 0.2) is 0 Å². The molecule has 0 saturated carbocycles. The second kappa shape index (κ2) is 6.29. The molecule has 1 unspecified atom stereocenters. The SMILES string of the molecule is O=[N+]([O-])c1cncc(Br)c1N1CCCCC1CCO. The zero-order valence-corrected chi connectivity index (χ0v) is 12.0. The van der Waals surface area contributed by atoms with Gasteiger partial charge in [-0.2, -0.15) is 0 Å². The normalized spacial score (nSPS) is 19.5. The third-order valence-corrected chi connectivity index (χ3v) is 4.01.